The Bertz CT molecular complexity index is 971. The molecule has 13 heteroatoms. The van der Waals surface area contributed by atoms with Crippen molar-refractivity contribution in [1.82, 2.24) is 19.6 Å². The standard InChI is InChI=1S/C17H18ClFN4O2.C2HF3O2/c1-21-10-14(18)16(20-21)17(25)23-8-6-22(7-9-23)11-15(24)12-2-4-13(19)5-3-12;3-2(4,5)1(6)7/h2-5,10H,6-9,11H2,1H3;(H,6,7). The van der Waals surface area contributed by atoms with Gasteiger partial charge in [0.05, 0.1) is 11.6 Å². The Morgan fingerprint density at radius 1 is 1.09 bits per heavy atom. The van der Waals surface area contributed by atoms with Crippen molar-refractivity contribution in [1.29, 1.82) is 0 Å². The number of carbonyl (C=O) groups is 3. The van der Waals surface area contributed by atoms with Crippen LogP contribution in [-0.4, -0.2) is 81.2 Å². The monoisotopic (exact) mass is 478 g/mol. The number of hydrogen-bond donors (Lipinski definition) is 1. The second-order valence-corrected chi connectivity index (χ2v) is 7.21. The van der Waals surface area contributed by atoms with Crippen LogP contribution in [0.4, 0.5) is 17.6 Å². The number of Topliss-reactive ketones (excluding diaryl/α,β-unsaturated/α-hetero) is 1. The molecule has 1 fully saturated rings. The lowest BCUT2D eigenvalue weighted by atomic mass is 10.1. The molecule has 0 radical (unpaired) electrons. The van der Waals surface area contributed by atoms with Crippen LogP contribution in [0.1, 0.15) is 20.8 Å². The molecule has 174 valence electrons. The summed E-state index contributed by atoms with van der Waals surface area (Å²) >= 11 is 6.02. The molecule has 0 saturated carbocycles. The van der Waals surface area contributed by atoms with E-state index in [0.717, 1.165) is 0 Å². The van der Waals surface area contributed by atoms with Gasteiger partial charge in [-0.15, -0.1) is 0 Å². The van der Waals surface area contributed by atoms with E-state index in [1.54, 1.807) is 18.1 Å². The number of nitrogens with zero attached hydrogens (tertiary/aromatic N) is 4. The van der Waals surface area contributed by atoms with Gasteiger partial charge >= 0.3 is 12.1 Å². The zero-order chi connectivity index (χ0) is 24.1. The average Bonchev–Trinajstić information content (AvgIpc) is 3.06. The van der Waals surface area contributed by atoms with Gasteiger partial charge in [-0.05, 0) is 24.3 Å². The molecular formula is C19H19ClF4N4O4. The number of aliphatic carboxylic acids is 1. The van der Waals surface area contributed by atoms with E-state index in [1.807, 2.05) is 4.90 Å². The lowest BCUT2D eigenvalue weighted by Gasteiger charge is -2.34. The first-order chi connectivity index (χ1) is 14.9. The molecule has 0 unspecified atom stereocenters. The number of benzene rings is 1. The van der Waals surface area contributed by atoms with Gasteiger partial charge in [0.25, 0.3) is 5.91 Å². The van der Waals surface area contributed by atoms with Gasteiger partial charge in [0.15, 0.2) is 11.5 Å². The first-order valence-electron chi connectivity index (χ1n) is 9.18. The molecule has 1 aromatic heterocycles. The maximum absolute atomic E-state index is 12.9. The Kier molecular flexibility index (Phi) is 8.33. The van der Waals surface area contributed by atoms with Gasteiger partial charge in [0.2, 0.25) is 0 Å². The van der Waals surface area contributed by atoms with E-state index in [2.05, 4.69) is 5.10 Å². The fourth-order valence-corrected chi connectivity index (χ4v) is 3.05. The predicted molar refractivity (Wildman–Crippen MR) is 105 cm³/mol. The highest BCUT2D eigenvalue weighted by Gasteiger charge is 2.38. The molecule has 3 rings (SSSR count). The number of aromatic nitrogens is 2. The largest absolute Gasteiger partial charge is 0.490 e. The molecule has 1 amide bonds. The Labute approximate surface area is 185 Å². The summed E-state index contributed by atoms with van der Waals surface area (Å²) in [4.78, 5) is 37.3. The summed E-state index contributed by atoms with van der Waals surface area (Å²) in [6.07, 6.45) is -3.49. The van der Waals surface area contributed by atoms with Crippen molar-refractivity contribution in [2.75, 3.05) is 32.7 Å². The Balaban J connectivity index is 0.000000451. The number of piperazine rings is 1. The quantitative estimate of drug-likeness (QED) is 0.536. The number of carboxylic acid groups (broad SMARTS) is 1. The summed E-state index contributed by atoms with van der Waals surface area (Å²) in [5, 5.41) is 11.6. The van der Waals surface area contributed by atoms with Crippen LogP contribution in [0, 0.1) is 5.82 Å². The number of aryl methyl sites for hydroxylation is 1. The number of carboxylic acids is 1. The van der Waals surface area contributed by atoms with Crippen molar-refractivity contribution in [2.45, 2.75) is 6.18 Å². The number of alkyl halides is 3. The molecule has 0 aliphatic carbocycles. The molecule has 1 aromatic carbocycles. The van der Waals surface area contributed by atoms with Gasteiger partial charge in [0, 0.05) is 45.0 Å². The zero-order valence-corrected chi connectivity index (χ0v) is 17.5. The third-order valence-electron chi connectivity index (χ3n) is 4.42. The summed E-state index contributed by atoms with van der Waals surface area (Å²) in [6.45, 7) is 2.43. The minimum atomic E-state index is -5.08. The zero-order valence-electron chi connectivity index (χ0n) is 16.8. The highest BCUT2D eigenvalue weighted by atomic mass is 35.5. The predicted octanol–water partition coefficient (Wildman–Crippen LogP) is 2.49. The molecule has 1 aliphatic rings. The second kappa shape index (κ2) is 10.6. The number of carbonyl (C=O) groups excluding carboxylic acids is 2. The lowest BCUT2D eigenvalue weighted by Crippen LogP contribution is -2.50. The summed E-state index contributed by atoms with van der Waals surface area (Å²) in [6, 6.07) is 5.53. The molecule has 0 spiro atoms. The number of hydrogen-bond acceptors (Lipinski definition) is 5. The van der Waals surface area contributed by atoms with Crippen LogP contribution in [-0.2, 0) is 11.8 Å². The van der Waals surface area contributed by atoms with Gasteiger partial charge in [-0.3, -0.25) is 19.2 Å². The highest BCUT2D eigenvalue weighted by Crippen LogP contribution is 2.17. The fraction of sp³-hybridized carbons (Fsp3) is 0.368. The van der Waals surface area contributed by atoms with E-state index in [0.29, 0.717) is 36.8 Å². The molecule has 2 aromatic rings. The van der Waals surface area contributed by atoms with Gasteiger partial charge in [-0.2, -0.15) is 18.3 Å². The molecule has 1 N–H and O–H groups in total. The number of halogens is 5. The van der Waals surface area contributed by atoms with Crippen molar-refractivity contribution in [3.8, 4) is 0 Å². The topological polar surface area (TPSA) is 95.7 Å². The fourth-order valence-electron chi connectivity index (χ4n) is 2.79. The number of ketones is 1. The summed E-state index contributed by atoms with van der Waals surface area (Å²) < 4.78 is 46.2. The van der Waals surface area contributed by atoms with Crippen LogP contribution in [0.5, 0.6) is 0 Å². The maximum Gasteiger partial charge on any atom is 0.490 e. The van der Waals surface area contributed by atoms with Gasteiger partial charge in [-0.25, -0.2) is 9.18 Å². The van der Waals surface area contributed by atoms with Gasteiger partial charge < -0.3 is 10.0 Å². The Morgan fingerprint density at radius 3 is 2.06 bits per heavy atom. The first kappa shape index (κ1) is 25.3. The van der Waals surface area contributed by atoms with E-state index in [4.69, 9.17) is 21.5 Å². The van der Waals surface area contributed by atoms with Crippen LogP contribution < -0.4 is 0 Å². The second-order valence-electron chi connectivity index (χ2n) is 6.80. The highest BCUT2D eigenvalue weighted by molar-refractivity contribution is 6.33. The van der Waals surface area contributed by atoms with E-state index >= 15 is 0 Å². The Morgan fingerprint density at radius 2 is 1.62 bits per heavy atom. The molecule has 1 aliphatic heterocycles. The van der Waals surface area contributed by atoms with E-state index < -0.39 is 12.1 Å². The van der Waals surface area contributed by atoms with Crippen molar-refractivity contribution in [2.24, 2.45) is 7.05 Å². The van der Waals surface area contributed by atoms with Crippen LogP contribution >= 0.6 is 11.6 Å². The van der Waals surface area contributed by atoms with E-state index in [-0.39, 0.29) is 29.7 Å². The van der Waals surface area contributed by atoms with Crippen LogP contribution in [0.15, 0.2) is 30.5 Å². The van der Waals surface area contributed by atoms with Gasteiger partial charge in [0.1, 0.15) is 5.82 Å². The minimum absolute atomic E-state index is 0.0625. The van der Waals surface area contributed by atoms with Crippen molar-refractivity contribution >= 4 is 29.3 Å². The molecule has 0 bridgehead atoms. The van der Waals surface area contributed by atoms with Crippen molar-refractivity contribution in [3.05, 3.63) is 52.6 Å². The third kappa shape index (κ3) is 7.02. The summed E-state index contributed by atoms with van der Waals surface area (Å²) in [7, 11) is 1.71. The first-order valence-corrected chi connectivity index (χ1v) is 9.56. The van der Waals surface area contributed by atoms with Crippen LogP contribution in [0.3, 0.4) is 0 Å². The van der Waals surface area contributed by atoms with E-state index in [9.17, 15) is 27.2 Å². The van der Waals surface area contributed by atoms with Crippen LogP contribution in [0.25, 0.3) is 0 Å². The summed E-state index contributed by atoms with van der Waals surface area (Å²) in [5.41, 5.74) is 0.736. The van der Waals surface area contributed by atoms with Crippen molar-refractivity contribution in [3.63, 3.8) is 0 Å². The minimum Gasteiger partial charge on any atom is -0.475 e. The maximum atomic E-state index is 12.9. The van der Waals surface area contributed by atoms with Crippen LogP contribution in [0.2, 0.25) is 5.02 Å². The number of amides is 1. The molecule has 2 heterocycles. The summed E-state index contributed by atoms with van der Waals surface area (Å²) in [5.74, 6) is -3.38. The Hall–Kier alpha value is -2.99. The molecule has 32 heavy (non-hydrogen) atoms. The normalized spacial score (nSPS) is 14.5. The number of rotatable bonds is 4. The average molecular weight is 479 g/mol. The lowest BCUT2D eigenvalue weighted by molar-refractivity contribution is -0.192. The van der Waals surface area contributed by atoms with Gasteiger partial charge in [-0.1, -0.05) is 11.6 Å². The molecule has 8 nitrogen and oxygen atoms in total. The molecule has 1 saturated heterocycles. The van der Waals surface area contributed by atoms with Crippen molar-refractivity contribution < 1.29 is 37.1 Å². The smallest absolute Gasteiger partial charge is 0.475 e. The SMILES string of the molecule is Cn1cc(Cl)c(C(=O)N2CCN(CC(=O)c3ccc(F)cc3)CC2)n1.O=C(O)C(F)(F)F. The molecule has 0 atom stereocenters. The van der Waals surface area contributed by atoms with E-state index in [1.165, 1.54) is 28.9 Å². The molecular weight excluding hydrogens is 460 g/mol. The third-order valence-corrected chi connectivity index (χ3v) is 4.70.